The van der Waals surface area contributed by atoms with Gasteiger partial charge in [-0.15, -0.1) is 0 Å². The van der Waals surface area contributed by atoms with Crippen molar-refractivity contribution < 1.29 is 9.53 Å². The number of carbonyl (C=O) groups is 1. The van der Waals surface area contributed by atoms with Crippen LogP contribution in [0.3, 0.4) is 0 Å². The predicted octanol–water partition coefficient (Wildman–Crippen LogP) is 3.62. The summed E-state index contributed by atoms with van der Waals surface area (Å²) in [5.41, 5.74) is 0.667. The molecule has 0 amide bonds. The van der Waals surface area contributed by atoms with Crippen molar-refractivity contribution >= 4 is 39.3 Å². The summed E-state index contributed by atoms with van der Waals surface area (Å²) in [4.78, 5) is 11.9. The smallest absolute Gasteiger partial charge is 0.339 e. The largest absolute Gasteiger partial charge is 0.462 e. The van der Waals surface area contributed by atoms with E-state index in [2.05, 4.69) is 22.6 Å². The molecule has 0 aromatic heterocycles. The molecule has 2 rings (SSSR count). The fourth-order valence-electron chi connectivity index (χ4n) is 1.66. The maximum absolute atomic E-state index is 11.9. The van der Waals surface area contributed by atoms with E-state index < -0.39 is 0 Å². The summed E-state index contributed by atoms with van der Waals surface area (Å²) < 4.78 is 6.00. The molecule has 2 aromatic carbocycles. The van der Waals surface area contributed by atoms with Crippen LogP contribution in [-0.4, -0.2) is 12.6 Å². The lowest BCUT2D eigenvalue weighted by atomic mass is 10.0. The van der Waals surface area contributed by atoms with Crippen LogP contribution in [0.2, 0.25) is 0 Å². The van der Waals surface area contributed by atoms with Crippen LogP contribution < -0.4 is 0 Å². The minimum atomic E-state index is -0.247. The molecule has 0 bridgehead atoms. The highest BCUT2D eigenvalue weighted by molar-refractivity contribution is 14.1. The van der Waals surface area contributed by atoms with Crippen molar-refractivity contribution in [2.45, 2.75) is 6.92 Å². The highest BCUT2D eigenvalue weighted by Gasteiger charge is 2.14. The molecule has 0 aliphatic carbocycles. The number of carbonyl (C=O) groups excluding carboxylic acids is 1. The highest BCUT2D eigenvalue weighted by Crippen LogP contribution is 2.24. The van der Waals surface area contributed by atoms with E-state index in [9.17, 15) is 4.79 Å². The molecule has 82 valence electrons. The minimum absolute atomic E-state index is 0.247. The Morgan fingerprint density at radius 2 is 2.00 bits per heavy atom. The van der Waals surface area contributed by atoms with Gasteiger partial charge < -0.3 is 4.74 Å². The van der Waals surface area contributed by atoms with Gasteiger partial charge in [-0.3, -0.25) is 0 Å². The number of fused-ring (bicyclic) bond motifs is 1. The summed E-state index contributed by atoms with van der Waals surface area (Å²) in [5, 5.41) is 2.01. The van der Waals surface area contributed by atoms with Gasteiger partial charge in [-0.05, 0) is 46.4 Å². The Labute approximate surface area is 108 Å². The van der Waals surface area contributed by atoms with E-state index in [-0.39, 0.29) is 5.97 Å². The van der Waals surface area contributed by atoms with Crippen molar-refractivity contribution in [3.63, 3.8) is 0 Å². The predicted molar refractivity (Wildman–Crippen MR) is 72.6 cm³/mol. The van der Waals surface area contributed by atoms with Crippen molar-refractivity contribution in [3.8, 4) is 0 Å². The van der Waals surface area contributed by atoms with Crippen molar-refractivity contribution in [2.75, 3.05) is 6.61 Å². The maximum Gasteiger partial charge on any atom is 0.339 e. The molecule has 0 unspecified atom stereocenters. The molecule has 0 N–H and O–H groups in total. The van der Waals surface area contributed by atoms with E-state index in [0.717, 1.165) is 14.3 Å². The first kappa shape index (κ1) is 11.4. The lowest BCUT2D eigenvalue weighted by Crippen LogP contribution is -2.07. The lowest BCUT2D eigenvalue weighted by molar-refractivity contribution is 0.0527. The topological polar surface area (TPSA) is 26.3 Å². The number of benzene rings is 2. The second-order valence-corrected chi connectivity index (χ2v) is 4.53. The Hall–Kier alpha value is -1.10. The molecule has 0 aliphatic rings. The van der Waals surface area contributed by atoms with Gasteiger partial charge in [0.2, 0.25) is 0 Å². The van der Waals surface area contributed by atoms with Gasteiger partial charge in [0.15, 0.2) is 0 Å². The van der Waals surface area contributed by atoms with Gasteiger partial charge in [0.05, 0.1) is 12.2 Å². The molecule has 2 nitrogen and oxygen atoms in total. The Morgan fingerprint density at radius 1 is 1.25 bits per heavy atom. The van der Waals surface area contributed by atoms with Crippen LogP contribution in [0.15, 0.2) is 36.4 Å². The molecule has 16 heavy (non-hydrogen) atoms. The van der Waals surface area contributed by atoms with Gasteiger partial charge in [-0.2, -0.15) is 0 Å². The second kappa shape index (κ2) is 4.82. The summed E-state index contributed by atoms with van der Waals surface area (Å²) in [6, 6.07) is 11.8. The Morgan fingerprint density at radius 3 is 2.75 bits per heavy atom. The van der Waals surface area contributed by atoms with Crippen LogP contribution >= 0.6 is 22.6 Å². The number of esters is 1. The Balaban J connectivity index is 2.66. The van der Waals surface area contributed by atoms with Gasteiger partial charge in [-0.1, -0.05) is 30.3 Å². The summed E-state index contributed by atoms with van der Waals surface area (Å²) in [5.74, 6) is -0.247. The van der Waals surface area contributed by atoms with Gasteiger partial charge in [0.1, 0.15) is 0 Å². The third-order valence-corrected chi connectivity index (χ3v) is 3.26. The first-order chi connectivity index (χ1) is 7.74. The van der Waals surface area contributed by atoms with Crippen LogP contribution in [0, 0.1) is 3.57 Å². The molecule has 0 radical (unpaired) electrons. The third-order valence-electron chi connectivity index (χ3n) is 2.36. The van der Waals surface area contributed by atoms with E-state index in [1.807, 2.05) is 43.3 Å². The summed E-state index contributed by atoms with van der Waals surface area (Å²) >= 11 is 2.16. The van der Waals surface area contributed by atoms with Gasteiger partial charge in [0, 0.05) is 3.57 Å². The minimum Gasteiger partial charge on any atom is -0.462 e. The van der Waals surface area contributed by atoms with E-state index in [1.54, 1.807) is 0 Å². The molecule has 0 heterocycles. The molecule has 0 fully saturated rings. The van der Waals surface area contributed by atoms with Crippen LogP contribution in [0.25, 0.3) is 10.8 Å². The van der Waals surface area contributed by atoms with Crippen LogP contribution in [0.1, 0.15) is 17.3 Å². The Kier molecular flexibility index (Phi) is 3.43. The zero-order chi connectivity index (χ0) is 11.5. The average Bonchev–Trinajstić information content (AvgIpc) is 2.29. The first-order valence-electron chi connectivity index (χ1n) is 5.08. The molecule has 0 saturated heterocycles. The van der Waals surface area contributed by atoms with Crippen molar-refractivity contribution in [2.24, 2.45) is 0 Å². The van der Waals surface area contributed by atoms with Crippen LogP contribution in [0.5, 0.6) is 0 Å². The summed E-state index contributed by atoms with van der Waals surface area (Å²) in [6.07, 6.45) is 0. The zero-order valence-corrected chi connectivity index (χ0v) is 11.0. The lowest BCUT2D eigenvalue weighted by Gasteiger charge is -2.08. The monoisotopic (exact) mass is 326 g/mol. The van der Waals surface area contributed by atoms with E-state index in [4.69, 9.17) is 4.74 Å². The normalized spacial score (nSPS) is 10.4. The molecule has 0 saturated carbocycles. The number of hydrogen-bond acceptors (Lipinski definition) is 2. The number of hydrogen-bond donors (Lipinski definition) is 0. The van der Waals surface area contributed by atoms with Crippen molar-refractivity contribution in [1.29, 1.82) is 0 Å². The molecule has 3 heteroatoms. The molecule has 0 spiro atoms. The molecular formula is C13H11IO2. The average molecular weight is 326 g/mol. The van der Waals surface area contributed by atoms with E-state index in [0.29, 0.717) is 12.2 Å². The summed E-state index contributed by atoms with van der Waals surface area (Å²) in [6.45, 7) is 2.22. The third kappa shape index (κ3) is 2.04. The first-order valence-corrected chi connectivity index (χ1v) is 6.16. The number of ether oxygens (including phenoxy) is 1. The zero-order valence-electron chi connectivity index (χ0n) is 8.87. The van der Waals surface area contributed by atoms with Crippen LogP contribution in [0.4, 0.5) is 0 Å². The van der Waals surface area contributed by atoms with Gasteiger partial charge in [0.25, 0.3) is 0 Å². The van der Waals surface area contributed by atoms with E-state index in [1.165, 1.54) is 0 Å². The van der Waals surface area contributed by atoms with Crippen molar-refractivity contribution in [3.05, 3.63) is 45.5 Å². The molecule has 2 aromatic rings. The van der Waals surface area contributed by atoms with Crippen molar-refractivity contribution in [1.82, 2.24) is 0 Å². The van der Waals surface area contributed by atoms with Gasteiger partial charge >= 0.3 is 5.97 Å². The highest BCUT2D eigenvalue weighted by atomic mass is 127. The fraction of sp³-hybridized carbons (Fsp3) is 0.154. The quantitative estimate of drug-likeness (QED) is 0.622. The second-order valence-electron chi connectivity index (χ2n) is 3.36. The number of halogens is 1. The van der Waals surface area contributed by atoms with Gasteiger partial charge in [-0.25, -0.2) is 4.79 Å². The summed E-state index contributed by atoms with van der Waals surface area (Å²) in [7, 11) is 0. The fourth-order valence-corrected chi connectivity index (χ4v) is 2.35. The maximum atomic E-state index is 11.9. The standard InChI is InChI=1S/C13H11IO2/c1-2-16-13(15)12-10-6-4-3-5-9(10)7-8-11(12)14/h3-8H,2H2,1H3. The van der Waals surface area contributed by atoms with E-state index >= 15 is 0 Å². The SMILES string of the molecule is CCOC(=O)c1c(I)ccc2ccccc12. The molecule has 0 aliphatic heterocycles. The number of rotatable bonds is 2. The van der Waals surface area contributed by atoms with Crippen LogP contribution in [-0.2, 0) is 4.74 Å². The molecule has 0 atom stereocenters. The molecular weight excluding hydrogens is 315 g/mol. The Bertz CT molecular complexity index is 534.